The number of carboxylic acids is 1. The van der Waals surface area contributed by atoms with Crippen LogP contribution in [0.15, 0.2) is 0 Å². The number of aliphatic carboxylic acids is 1. The number of rotatable bonds is 6. The van der Waals surface area contributed by atoms with E-state index in [9.17, 15) is 9.59 Å². The number of likely N-dealkylation sites (N-methyl/N-ethyl adjacent to an activating group) is 1. The highest BCUT2D eigenvalue weighted by Crippen LogP contribution is 2.56. The van der Waals surface area contributed by atoms with E-state index in [0.717, 1.165) is 32.2 Å². The number of carbonyl (C=O) groups is 2. The normalized spacial score (nSPS) is 29.1. The standard InChI is InChI=1S/C17H29N3O3/c1-2-20(11-15(21)22)14-9-13(10-14)19-16(23)18-12-3-5-17(6-4-12)7-8-17/h12-14H,2-11H2,1H3,(H,21,22)(H2,18,19,23). The van der Waals surface area contributed by atoms with E-state index in [1.807, 2.05) is 11.8 Å². The number of nitrogens with zero attached hydrogens (tertiary/aromatic N) is 1. The molecule has 130 valence electrons. The van der Waals surface area contributed by atoms with Gasteiger partial charge in [-0.1, -0.05) is 6.92 Å². The minimum Gasteiger partial charge on any atom is -0.480 e. The first kappa shape index (κ1) is 16.6. The fraction of sp³-hybridized carbons (Fsp3) is 0.882. The van der Waals surface area contributed by atoms with Gasteiger partial charge in [-0.15, -0.1) is 0 Å². The summed E-state index contributed by atoms with van der Waals surface area (Å²) in [4.78, 5) is 24.9. The van der Waals surface area contributed by atoms with E-state index in [4.69, 9.17) is 5.11 Å². The maximum absolute atomic E-state index is 12.1. The van der Waals surface area contributed by atoms with E-state index >= 15 is 0 Å². The zero-order valence-electron chi connectivity index (χ0n) is 14.0. The molecule has 0 unspecified atom stereocenters. The third-order valence-electron chi connectivity index (χ3n) is 6.05. The summed E-state index contributed by atoms with van der Waals surface area (Å²) >= 11 is 0. The molecule has 0 saturated heterocycles. The second-order valence-electron chi connectivity index (χ2n) is 7.67. The van der Waals surface area contributed by atoms with Gasteiger partial charge >= 0.3 is 12.0 Å². The van der Waals surface area contributed by atoms with Crippen LogP contribution < -0.4 is 10.6 Å². The molecule has 0 aliphatic heterocycles. The van der Waals surface area contributed by atoms with Crippen LogP contribution in [0.3, 0.4) is 0 Å². The molecule has 0 aromatic carbocycles. The number of urea groups is 1. The van der Waals surface area contributed by atoms with Gasteiger partial charge in [-0.2, -0.15) is 0 Å². The van der Waals surface area contributed by atoms with Gasteiger partial charge in [-0.3, -0.25) is 9.69 Å². The number of carboxylic acid groups (broad SMARTS) is 1. The SMILES string of the molecule is CCN(CC(=O)O)C1CC(NC(=O)NC2CCC3(CC2)CC3)C1. The van der Waals surface area contributed by atoms with Crippen molar-refractivity contribution in [2.75, 3.05) is 13.1 Å². The molecule has 0 aromatic heterocycles. The Bertz CT molecular complexity index is 448. The summed E-state index contributed by atoms with van der Waals surface area (Å²) in [5, 5.41) is 15.1. The van der Waals surface area contributed by atoms with E-state index in [1.165, 1.54) is 25.7 Å². The first-order valence-corrected chi connectivity index (χ1v) is 9.02. The minimum atomic E-state index is -0.785. The van der Waals surface area contributed by atoms with E-state index in [-0.39, 0.29) is 24.7 Å². The van der Waals surface area contributed by atoms with Crippen molar-refractivity contribution in [2.24, 2.45) is 5.41 Å². The number of carbonyl (C=O) groups excluding carboxylic acids is 1. The summed E-state index contributed by atoms with van der Waals surface area (Å²) in [5.74, 6) is -0.785. The molecule has 3 saturated carbocycles. The Hall–Kier alpha value is -1.30. The molecule has 3 fully saturated rings. The van der Waals surface area contributed by atoms with E-state index in [0.29, 0.717) is 11.5 Å². The van der Waals surface area contributed by atoms with Crippen LogP contribution in [0.1, 0.15) is 58.3 Å². The van der Waals surface area contributed by atoms with Crippen LogP contribution in [0, 0.1) is 5.41 Å². The van der Waals surface area contributed by atoms with Crippen molar-refractivity contribution in [3.8, 4) is 0 Å². The Morgan fingerprint density at radius 3 is 2.22 bits per heavy atom. The van der Waals surface area contributed by atoms with Crippen molar-refractivity contribution in [3.05, 3.63) is 0 Å². The van der Waals surface area contributed by atoms with E-state index < -0.39 is 5.97 Å². The molecule has 6 heteroatoms. The lowest BCUT2D eigenvalue weighted by atomic mass is 9.83. The Labute approximate surface area is 138 Å². The lowest BCUT2D eigenvalue weighted by molar-refractivity contribution is -0.139. The average Bonchev–Trinajstić information content (AvgIpc) is 3.22. The summed E-state index contributed by atoms with van der Waals surface area (Å²) in [6.45, 7) is 2.80. The van der Waals surface area contributed by atoms with Crippen LogP contribution in [-0.4, -0.2) is 53.2 Å². The average molecular weight is 323 g/mol. The van der Waals surface area contributed by atoms with Gasteiger partial charge in [0.25, 0.3) is 0 Å². The van der Waals surface area contributed by atoms with Crippen molar-refractivity contribution in [1.82, 2.24) is 15.5 Å². The third-order valence-corrected chi connectivity index (χ3v) is 6.05. The Balaban J connectivity index is 1.33. The highest BCUT2D eigenvalue weighted by molar-refractivity contribution is 5.74. The molecule has 3 aliphatic rings. The predicted octanol–water partition coefficient (Wildman–Crippen LogP) is 1.95. The fourth-order valence-electron chi connectivity index (χ4n) is 4.14. The van der Waals surface area contributed by atoms with Crippen molar-refractivity contribution in [1.29, 1.82) is 0 Å². The Kier molecular flexibility index (Phi) is 4.80. The van der Waals surface area contributed by atoms with Crippen LogP contribution >= 0.6 is 0 Å². The predicted molar refractivity (Wildman–Crippen MR) is 87.3 cm³/mol. The number of amides is 2. The molecule has 0 heterocycles. The van der Waals surface area contributed by atoms with Crippen LogP contribution in [-0.2, 0) is 4.79 Å². The summed E-state index contributed by atoms with van der Waals surface area (Å²) in [6.07, 6.45) is 9.24. The monoisotopic (exact) mass is 323 g/mol. The molecule has 0 bridgehead atoms. The van der Waals surface area contributed by atoms with Crippen LogP contribution in [0.25, 0.3) is 0 Å². The number of hydrogen-bond acceptors (Lipinski definition) is 3. The zero-order valence-corrected chi connectivity index (χ0v) is 14.0. The fourth-order valence-corrected chi connectivity index (χ4v) is 4.14. The number of nitrogens with one attached hydrogen (secondary N) is 2. The van der Waals surface area contributed by atoms with Crippen molar-refractivity contribution < 1.29 is 14.7 Å². The summed E-state index contributed by atoms with van der Waals surface area (Å²) < 4.78 is 0. The molecule has 0 atom stereocenters. The molecular weight excluding hydrogens is 294 g/mol. The van der Waals surface area contributed by atoms with Gasteiger partial charge in [-0.25, -0.2) is 4.79 Å². The van der Waals surface area contributed by atoms with E-state index in [2.05, 4.69) is 10.6 Å². The molecule has 3 rings (SSSR count). The molecule has 6 nitrogen and oxygen atoms in total. The van der Waals surface area contributed by atoms with Crippen molar-refractivity contribution >= 4 is 12.0 Å². The van der Waals surface area contributed by atoms with Crippen molar-refractivity contribution in [3.63, 3.8) is 0 Å². The minimum absolute atomic E-state index is 0.0496. The van der Waals surface area contributed by atoms with Crippen LogP contribution in [0.4, 0.5) is 4.79 Å². The molecule has 23 heavy (non-hydrogen) atoms. The van der Waals surface area contributed by atoms with E-state index in [1.54, 1.807) is 0 Å². The zero-order chi connectivity index (χ0) is 16.4. The first-order valence-electron chi connectivity index (χ1n) is 9.02. The van der Waals surface area contributed by atoms with Crippen LogP contribution in [0.5, 0.6) is 0 Å². The van der Waals surface area contributed by atoms with Gasteiger partial charge in [0.15, 0.2) is 0 Å². The van der Waals surface area contributed by atoms with Gasteiger partial charge in [0, 0.05) is 18.1 Å². The quantitative estimate of drug-likeness (QED) is 0.698. The van der Waals surface area contributed by atoms with Gasteiger partial charge in [0.05, 0.1) is 6.54 Å². The highest BCUT2D eigenvalue weighted by atomic mass is 16.4. The lowest BCUT2D eigenvalue weighted by Crippen LogP contribution is -2.57. The summed E-state index contributed by atoms with van der Waals surface area (Å²) in [7, 11) is 0. The molecule has 2 amide bonds. The molecular formula is C17H29N3O3. The van der Waals surface area contributed by atoms with Crippen LogP contribution in [0.2, 0.25) is 0 Å². The third kappa shape index (κ3) is 4.16. The van der Waals surface area contributed by atoms with Crippen molar-refractivity contribution in [2.45, 2.75) is 76.4 Å². The van der Waals surface area contributed by atoms with Gasteiger partial charge in [0.1, 0.15) is 0 Å². The largest absolute Gasteiger partial charge is 0.480 e. The maximum atomic E-state index is 12.1. The maximum Gasteiger partial charge on any atom is 0.317 e. The highest BCUT2D eigenvalue weighted by Gasteiger charge is 2.45. The van der Waals surface area contributed by atoms with Gasteiger partial charge in [-0.05, 0) is 63.3 Å². The molecule has 3 aliphatic carbocycles. The Morgan fingerprint density at radius 1 is 1.09 bits per heavy atom. The second-order valence-corrected chi connectivity index (χ2v) is 7.67. The molecule has 3 N–H and O–H groups in total. The summed E-state index contributed by atoms with van der Waals surface area (Å²) in [6, 6.07) is 0.745. The molecule has 0 aromatic rings. The lowest BCUT2D eigenvalue weighted by Gasteiger charge is -2.42. The molecule has 1 spiro atoms. The van der Waals surface area contributed by atoms with Gasteiger partial charge in [0.2, 0.25) is 0 Å². The van der Waals surface area contributed by atoms with Gasteiger partial charge < -0.3 is 15.7 Å². The number of hydrogen-bond donors (Lipinski definition) is 3. The second kappa shape index (κ2) is 6.67. The Morgan fingerprint density at radius 2 is 1.70 bits per heavy atom. The smallest absolute Gasteiger partial charge is 0.317 e. The topological polar surface area (TPSA) is 81.7 Å². The summed E-state index contributed by atoms with van der Waals surface area (Å²) in [5.41, 5.74) is 0.656. The molecule has 0 radical (unpaired) electrons. The first-order chi connectivity index (χ1) is 11.0.